The number of carbonyl (C=O) groups excluding carboxylic acids is 1. The van der Waals surface area contributed by atoms with Crippen LogP contribution in [0.2, 0.25) is 0 Å². The van der Waals surface area contributed by atoms with Crippen LogP contribution >= 0.6 is 0 Å². The Morgan fingerprint density at radius 2 is 2.05 bits per heavy atom. The summed E-state index contributed by atoms with van der Waals surface area (Å²) in [6.45, 7) is 4.17. The van der Waals surface area contributed by atoms with E-state index in [4.69, 9.17) is 0 Å². The second kappa shape index (κ2) is 7.07. The molecule has 1 aromatic carbocycles. The molecule has 0 N–H and O–H groups in total. The van der Waals surface area contributed by atoms with Gasteiger partial charge in [0.2, 0.25) is 5.91 Å². The lowest BCUT2D eigenvalue weighted by molar-refractivity contribution is -0.131. The third-order valence-corrected chi connectivity index (χ3v) is 3.93. The molecular weight excluding hydrogens is 262 g/mol. The first-order valence-electron chi connectivity index (χ1n) is 7.46. The lowest BCUT2D eigenvalue weighted by Crippen LogP contribution is -2.34. The Morgan fingerprint density at radius 3 is 2.71 bits per heavy atom. The van der Waals surface area contributed by atoms with Crippen LogP contribution in [0.25, 0.3) is 5.69 Å². The summed E-state index contributed by atoms with van der Waals surface area (Å²) in [5, 5.41) is 4.35. The summed E-state index contributed by atoms with van der Waals surface area (Å²) in [5.41, 5.74) is 2.12. The lowest BCUT2D eigenvalue weighted by atomic mass is 10.1. The molecule has 2 aromatic rings. The van der Waals surface area contributed by atoms with E-state index < -0.39 is 0 Å². The number of nitrogens with zero attached hydrogens (tertiary/aromatic N) is 3. The SMILES string of the molecule is CCC(C)N(C)C(=O)CCc1cnn(-c2ccccc2)c1. The third kappa shape index (κ3) is 3.94. The number of para-hydroxylation sites is 1. The largest absolute Gasteiger partial charge is 0.343 e. The van der Waals surface area contributed by atoms with Crippen LogP contribution in [0.3, 0.4) is 0 Å². The molecule has 0 bridgehead atoms. The number of carbonyl (C=O) groups is 1. The number of aryl methyl sites for hydroxylation is 1. The number of aromatic nitrogens is 2. The highest BCUT2D eigenvalue weighted by atomic mass is 16.2. The Bertz CT molecular complexity index is 577. The number of rotatable bonds is 6. The van der Waals surface area contributed by atoms with Crippen molar-refractivity contribution in [3.8, 4) is 5.69 Å². The van der Waals surface area contributed by atoms with Crippen molar-refractivity contribution in [2.24, 2.45) is 0 Å². The van der Waals surface area contributed by atoms with E-state index in [0.717, 1.165) is 24.1 Å². The maximum atomic E-state index is 12.1. The third-order valence-electron chi connectivity index (χ3n) is 3.93. The molecule has 0 fully saturated rings. The predicted octanol–water partition coefficient (Wildman–Crippen LogP) is 3.06. The predicted molar refractivity (Wildman–Crippen MR) is 84.4 cm³/mol. The van der Waals surface area contributed by atoms with Crippen LogP contribution in [0.4, 0.5) is 0 Å². The van der Waals surface area contributed by atoms with Crippen LogP contribution < -0.4 is 0 Å². The molecule has 0 radical (unpaired) electrons. The van der Waals surface area contributed by atoms with Crippen LogP contribution in [0, 0.1) is 0 Å². The molecule has 0 saturated heterocycles. The van der Waals surface area contributed by atoms with Crippen LogP contribution in [0.5, 0.6) is 0 Å². The summed E-state index contributed by atoms with van der Waals surface area (Å²) in [5.74, 6) is 0.191. The smallest absolute Gasteiger partial charge is 0.222 e. The second-order valence-electron chi connectivity index (χ2n) is 5.39. The minimum Gasteiger partial charge on any atom is -0.343 e. The molecule has 2 rings (SSSR count). The standard InChI is InChI=1S/C17H23N3O/c1-4-14(2)19(3)17(21)11-10-15-12-18-20(13-15)16-8-6-5-7-9-16/h5-9,12-14H,4,10-11H2,1-3H3. The molecule has 1 aromatic heterocycles. The molecular formula is C17H23N3O. The summed E-state index contributed by atoms with van der Waals surface area (Å²) in [6, 6.07) is 10.3. The van der Waals surface area contributed by atoms with E-state index in [0.29, 0.717) is 12.5 Å². The van der Waals surface area contributed by atoms with Gasteiger partial charge in [-0.2, -0.15) is 5.10 Å². The zero-order chi connectivity index (χ0) is 15.2. The van der Waals surface area contributed by atoms with Gasteiger partial charge in [0, 0.05) is 25.7 Å². The summed E-state index contributed by atoms with van der Waals surface area (Å²) in [4.78, 5) is 13.9. The van der Waals surface area contributed by atoms with Gasteiger partial charge in [0.1, 0.15) is 0 Å². The number of hydrogen-bond acceptors (Lipinski definition) is 2. The quantitative estimate of drug-likeness (QED) is 0.818. The fourth-order valence-electron chi connectivity index (χ4n) is 2.16. The van der Waals surface area contributed by atoms with Crippen molar-refractivity contribution in [2.45, 2.75) is 39.2 Å². The highest BCUT2D eigenvalue weighted by Gasteiger charge is 2.14. The number of benzene rings is 1. The monoisotopic (exact) mass is 285 g/mol. The highest BCUT2D eigenvalue weighted by Crippen LogP contribution is 2.10. The van der Waals surface area contributed by atoms with Crippen molar-refractivity contribution in [1.29, 1.82) is 0 Å². The van der Waals surface area contributed by atoms with E-state index in [1.165, 1.54) is 0 Å². The van der Waals surface area contributed by atoms with Crippen molar-refractivity contribution in [1.82, 2.24) is 14.7 Å². The maximum Gasteiger partial charge on any atom is 0.222 e. The summed E-state index contributed by atoms with van der Waals surface area (Å²) < 4.78 is 1.85. The lowest BCUT2D eigenvalue weighted by Gasteiger charge is -2.23. The van der Waals surface area contributed by atoms with Crippen LogP contribution in [0.1, 0.15) is 32.3 Å². The van der Waals surface area contributed by atoms with E-state index >= 15 is 0 Å². The summed E-state index contributed by atoms with van der Waals surface area (Å²) >= 11 is 0. The van der Waals surface area contributed by atoms with Gasteiger partial charge in [-0.25, -0.2) is 4.68 Å². The van der Waals surface area contributed by atoms with Crippen molar-refractivity contribution in [2.75, 3.05) is 7.05 Å². The van der Waals surface area contributed by atoms with Gasteiger partial charge in [-0.15, -0.1) is 0 Å². The topological polar surface area (TPSA) is 38.1 Å². The average molecular weight is 285 g/mol. The van der Waals surface area contributed by atoms with E-state index in [-0.39, 0.29) is 5.91 Å². The average Bonchev–Trinajstić information content (AvgIpc) is 3.01. The molecule has 112 valence electrons. The Balaban J connectivity index is 1.93. The number of amides is 1. The molecule has 0 aliphatic heterocycles. The van der Waals surface area contributed by atoms with E-state index in [1.54, 1.807) is 0 Å². The Morgan fingerprint density at radius 1 is 1.33 bits per heavy atom. The first kappa shape index (κ1) is 15.3. The van der Waals surface area contributed by atoms with Gasteiger partial charge in [-0.1, -0.05) is 25.1 Å². The highest BCUT2D eigenvalue weighted by molar-refractivity contribution is 5.76. The fraction of sp³-hybridized carbons (Fsp3) is 0.412. The molecule has 0 aliphatic carbocycles. The van der Waals surface area contributed by atoms with Crippen molar-refractivity contribution in [3.63, 3.8) is 0 Å². The minimum absolute atomic E-state index is 0.191. The Labute approximate surface area is 126 Å². The second-order valence-corrected chi connectivity index (χ2v) is 5.39. The van der Waals surface area contributed by atoms with E-state index in [1.807, 2.05) is 59.4 Å². The van der Waals surface area contributed by atoms with Gasteiger partial charge in [0.15, 0.2) is 0 Å². The first-order chi connectivity index (χ1) is 10.1. The molecule has 0 spiro atoms. The molecule has 4 nitrogen and oxygen atoms in total. The van der Waals surface area contributed by atoms with E-state index in [9.17, 15) is 4.79 Å². The molecule has 1 heterocycles. The summed E-state index contributed by atoms with van der Waals surface area (Å²) in [7, 11) is 1.88. The van der Waals surface area contributed by atoms with Crippen molar-refractivity contribution >= 4 is 5.91 Å². The van der Waals surface area contributed by atoms with Crippen molar-refractivity contribution < 1.29 is 4.79 Å². The van der Waals surface area contributed by atoms with Crippen molar-refractivity contribution in [3.05, 3.63) is 48.3 Å². The minimum atomic E-state index is 0.191. The Hall–Kier alpha value is -2.10. The Kier molecular flexibility index (Phi) is 5.14. The maximum absolute atomic E-state index is 12.1. The molecule has 0 aliphatic rings. The molecule has 21 heavy (non-hydrogen) atoms. The summed E-state index contributed by atoms with van der Waals surface area (Å²) in [6.07, 6.45) is 6.07. The molecule has 0 saturated carbocycles. The van der Waals surface area contributed by atoms with Gasteiger partial charge >= 0.3 is 0 Å². The fourth-order valence-corrected chi connectivity index (χ4v) is 2.16. The molecule has 1 unspecified atom stereocenters. The van der Waals surface area contributed by atoms with Gasteiger partial charge in [0.25, 0.3) is 0 Å². The van der Waals surface area contributed by atoms with E-state index in [2.05, 4.69) is 18.9 Å². The first-order valence-corrected chi connectivity index (χ1v) is 7.46. The normalized spacial score (nSPS) is 12.1. The van der Waals surface area contributed by atoms with Crippen LogP contribution in [-0.2, 0) is 11.2 Å². The van der Waals surface area contributed by atoms with Crippen LogP contribution in [0.15, 0.2) is 42.7 Å². The number of hydrogen-bond donors (Lipinski definition) is 0. The van der Waals surface area contributed by atoms with Gasteiger partial charge in [0.05, 0.1) is 11.9 Å². The van der Waals surface area contributed by atoms with Crippen LogP contribution in [-0.4, -0.2) is 33.7 Å². The molecule has 1 atom stereocenters. The molecule has 1 amide bonds. The van der Waals surface area contributed by atoms with Gasteiger partial charge in [-0.3, -0.25) is 4.79 Å². The zero-order valence-corrected chi connectivity index (χ0v) is 13.0. The van der Waals surface area contributed by atoms with Gasteiger partial charge in [-0.05, 0) is 37.5 Å². The van der Waals surface area contributed by atoms with Gasteiger partial charge < -0.3 is 4.90 Å². The zero-order valence-electron chi connectivity index (χ0n) is 13.0. The molecule has 4 heteroatoms.